The van der Waals surface area contributed by atoms with E-state index in [2.05, 4.69) is 5.32 Å². The Morgan fingerprint density at radius 2 is 1.71 bits per heavy atom. The van der Waals surface area contributed by atoms with Gasteiger partial charge in [0.05, 0.1) is 11.4 Å². The molecule has 3 rings (SSSR count). The summed E-state index contributed by atoms with van der Waals surface area (Å²) in [5.74, 6) is -0.0708. The molecule has 2 aromatic rings. The third-order valence-electron chi connectivity index (χ3n) is 6.00. The molecule has 38 heavy (non-hydrogen) atoms. The molecule has 0 aromatic heterocycles. The van der Waals surface area contributed by atoms with Crippen LogP contribution in [0.2, 0.25) is 10.0 Å². The van der Waals surface area contributed by atoms with Gasteiger partial charge in [-0.05, 0) is 49.6 Å². The van der Waals surface area contributed by atoms with Gasteiger partial charge in [-0.1, -0.05) is 43.1 Å². The van der Waals surface area contributed by atoms with Crippen LogP contribution < -0.4 is 19.1 Å². The Labute approximate surface area is 234 Å². The van der Waals surface area contributed by atoms with Gasteiger partial charge in [0.25, 0.3) is 0 Å². The average Bonchev–Trinajstić information content (AvgIpc) is 2.89. The molecule has 9 nitrogen and oxygen atoms in total. The summed E-state index contributed by atoms with van der Waals surface area (Å²) in [7, 11) is -3.88. The van der Waals surface area contributed by atoms with Crippen LogP contribution in [-0.4, -0.2) is 63.2 Å². The molecular formula is C26H33Cl2N3O6S. The molecule has 208 valence electrons. The van der Waals surface area contributed by atoms with E-state index in [1.165, 1.54) is 17.9 Å². The lowest BCUT2D eigenvalue weighted by atomic mass is 10.1. The lowest BCUT2D eigenvalue weighted by Gasteiger charge is -2.32. The van der Waals surface area contributed by atoms with Crippen molar-refractivity contribution in [1.29, 1.82) is 0 Å². The number of nitrogens with one attached hydrogen (secondary N) is 1. The van der Waals surface area contributed by atoms with Gasteiger partial charge in [0.2, 0.25) is 21.8 Å². The molecule has 1 atom stereocenters. The standard InChI is InChI=1S/C26H33Cl2N3O6S/c1-5-38(34,35)31(21-8-9-23-24(13-21)37-11-10-36-23)16-25(32)30(18(4)26(33)29-14-17(2)3)15-19-6-7-20(27)12-22(19)28/h6-9,12-13,17-18H,5,10-11,14-16H2,1-4H3,(H,29,33)/t18-/m0/s1. The molecule has 12 heteroatoms. The smallest absolute Gasteiger partial charge is 0.244 e. The van der Waals surface area contributed by atoms with Crippen molar-refractivity contribution < 1.29 is 27.5 Å². The van der Waals surface area contributed by atoms with Gasteiger partial charge in [-0.15, -0.1) is 0 Å². The molecule has 1 aliphatic rings. The SMILES string of the molecule is CCS(=O)(=O)N(CC(=O)N(Cc1ccc(Cl)cc1Cl)[C@@H](C)C(=O)NCC(C)C)c1ccc2c(c1)OCCO2. The zero-order valence-corrected chi connectivity index (χ0v) is 24.2. The van der Waals surface area contributed by atoms with Crippen molar-refractivity contribution in [2.75, 3.05) is 36.4 Å². The van der Waals surface area contributed by atoms with E-state index in [-0.39, 0.29) is 29.8 Å². The molecule has 2 amide bonds. The number of carbonyl (C=O) groups is 2. The van der Waals surface area contributed by atoms with Gasteiger partial charge in [0.1, 0.15) is 25.8 Å². The number of ether oxygens (including phenoxy) is 2. The van der Waals surface area contributed by atoms with E-state index in [1.807, 2.05) is 13.8 Å². The number of sulfonamides is 1. The number of halogens is 2. The van der Waals surface area contributed by atoms with Gasteiger partial charge in [-0.25, -0.2) is 8.42 Å². The quantitative estimate of drug-likeness (QED) is 0.425. The minimum Gasteiger partial charge on any atom is -0.486 e. The Balaban J connectivity index is 1.95. The number of amides is 2. The lowest BCUT2D eigenvalue weighted by Crippen LogP contribution is -2.51. The predicted molar refractivity (Wildman–Crippen MR) is 149 cm³/mol. The summed E-state index contributed by atoms with van der Waals surface area (Å²) >= 11 is 12.4. The molecule has 0 bridgehead atoms. The molecule has 0 saturated heterocycles. The Morgan fingerprint density at radius 1 is 1.03 bits per heavy atom. The van der Waals surface area contributed by atoms with E-state index in [1.54, 1.807) is 37.3 Å². The fourth-order valence-electron chi connectivity index (χ4n) is 3.78. The van der Waals surface area contributed by atoms with Crippen LogP contribution in [0.5, 0.6) is 11.5 Å². The van der Waals surface area contributed by atoms with Crippen molar-refractivity contribution in [3.05, 3.63) is 52.0 Å². The average molecular weight is 587 g/mol. The van der Waals surface area contributed by atoms with Gasteiger partial charge >= 0.3 is 0 Å². The first-order valence-corrected chi connectivity index (χ1v) is 14.7. The van der Waals surface area contributed by atoms with Gasteiger partial charge in [0, 0.05) is 29.2 Å². The molecule has 0 saturated carbocycles. The summed E-state index contributed by atoms with van der Waals surface area (Å²) in [5, 5.41) is 3.60. The topological polar surface area (TPSA) is 105 Å². The fourth-order valence-corrected chi connectivity index (χ4v) is 5.30. The number of hydrogen-bond donors (Lipinski definition) is 1. The molecular weight excluding hydrogens is 553 g/mol. The molecule has 1 heterocycles. The summed E-state index contributed by atoms with van der Waals surface area (Å²) in [6.45, 7) is 7.62. The Bertz CT molecular complexity index is 1270. The third-order valence-corrected chi connectivity index (χ3v) is 8.33. The van der Waals surface area contributed by atoms with Crippen LogP contribution in [-0.2, 0) is 26.2 Å². The first-order chi connectivity index (χ1) is 17.9. The number of hydrogen-bond acceptors (Lipinski definition) is 6. The van der Waals surface area contributed by atoms with E-state index < -0.39 is 28.5 Å². The zero-order valence-electron chi connectivity index (χ0n) is 21.9. The highest BCUT2D eigenvalue weighted by Gasteiger charge is 2.32. The van der Waals surface area contributed by atoms with Crippen LogP contribution in [0.4, 0.5) is 5.69 Å². The molecule has 0 radical (unpaired) electrons. The second-order valence-corrected chi connectivity index (χ2v) is 12.3. The maximum absolute atomic E-state index is 13.8. The number of fused-ring (bicyclic) bond motifs is 1. The number of anilines is 1. The van der Waals surface area contributed by atoms with Crippen LogP contribution in [0.15, 0.2) is 36.4 Å². The Kier molecular flexibility index (Phi) is 10.1. The van der Waals surface area contributed by atoms with Gasteiger partial charge in [-0.2, -0.15) is 0 Å². The normalized spacial score (nSPS) is 13.7. The van der Waals surface area contributed by atoms with Crippen LogP contribution in [0.25, 0.3) is 0 Å². The minimum atomic E-state index is -3.88. The second-order valence-electron chi connectivity index (χ2n) is 9.31. The van der Waals surface area contributed by atoms with Crippen LogP contribution >= 0.6 is 23.2 Å². The van der Waals surface area contributed by atoms with Crippen molar-refractivity contribution in [2.24, 2.45) is 5.92 Å². The highest BCUT2D eigenvalue weighted by molar-refractivity contribution is 7.92. The minimum absolute atomic E-state index is 0.0216. The molecule has 2 aromatic carbocycles. The highest BCUT2D eigenvalue weighted by atomic mass is 35.5. The van der Waals surface area contributed by atoms with E-state index in [0.29, 0.717) is 46.9 Å². The summed E-state index contributed by atoms with van der Waals surface area (Å²) in [6.07, 6.45) is 0. The number of benzene rings is 2. The van der Waals surface area contributed by atoms with E-state index in [9.17, 15) is 18.0 Å². The Hall–Kier alpha value is -2.69. The van der Waals surface area contributed by atoms with Gasteiger partial charge in [0.15, 0.2) is 11.5 Å². The Morgan fingerprint density at radius 3 is 2.34 bits per heavy atom. The van der Waals surface area contributed by atoms with Gasteiger partial charge in [-0.3, -0.25) is 13.9 Å². The van der Waals surface area contributed by atoms with Crippen molar-refractivity contribution >= 4 is 50.7 Å². The van der Waals surface area contributed by atoms with Crippen molar-refractivity contribution in [2.45, 2.75) is 40.3 Å². The van der Waals surface area contributed by atoms with Crippen LogP contribution in [0, 0.1) is 5.92 Å². The molecule has 1 N–H and O–H groups in total. The molecule has 0 aliphatic carbocycles. The summed E-state index contributed by atoms with van der Waals surface area (Å²) < 4.78 is 38.4. The monoisotopic (exact) mass is 585 g/mol. The first-order valence-electron chi connectivity index (χ1n) is 12.3. The molecule has 0 unspecified atom stereocenters. The van der Waals surface area contributed by atoms with E-state index in [4.69, 9.17) is 32.7 Å². The molecule has 0 fully saturated rings. The molecule has 1 aliphatic heterocycles. The first kappa shape index (κ1) is 29.9. The number of carbonyl (C=O) groups excluding carboxylic acids is 2. The van der Waals surface area contributed by atoms with Gasteiger partial charge < -0.3 is 19.7 Å². The maximum atomic E-state index is 13.8. The second kappa shape index (κ2) is 12.9. The van der Waals surface area contributed by atoms with Crippen LogP contribution in [0.3, 0.4) is 0 Å². The maximum Gasteiger partial charge on any atom is 0.244 e. The van der Waals surface area contributed by atoms with E-state index in [0.717, 1.165) is 4.31 Å². The predicted octanol–water partition coefficient (Wildman–Crippen LogP) is 4.11. The highest BCUT2D eigenvalue weighted by Crippen LogP contribution is 2.35. The summed E-state index contributed by atoms with van der Waals surface area (Å²) in [6, 6.07) is 8.66. The van der Waals surface area contributed by atoms with Crippen LogP contribution in [0.1, 0.15) is 33.3 Å². The summed E-state index contributed by atoms with van der Waals surface area (Å²) in [5.41, 5.74) is 0.822. The van der Waals surface area contributed by atoms with Crippen molar-refractivity contribution in [1.82, 2.24) is 10.2 Å². The van der Waals surface area contributed by atoms with Crippen molar-refractivity contribution in [3.8, 4) is 11.5 Å². The zero-order chi connectivity index (χ0) is 28.0. The number of rotatable bonds is 11. The third kappa shape index (κ3) is 7.45. The number of nitrogens with zero attached hydrogens (tertiary/aromatic N) is 2. The lowest BCUT2D eigenvalue weighted by molar-refractivity contribution is -0.139. The van der Waals surface area contributed by atoms with E-state index >= 15 is 0 Å². The van der Waals surface area contributed by atoms with Crippen molar-refractivity contribution in [3.63, 3.8) is 0 Å². The fraction of sp³-hybridized carbons (Fsp3) is 0.462. The molecule has 0 spiro atoms. The largest absolute Gasteiger partial charge is 0.486 e. The summed E-state index contributed by atoms with van der Waals surface area (Å²) in [4.78, 5) is 28.1.